The number of rotatable bonds is 0. The van der Waals surface area contributed by atoms with E-state index >= 15 is 0 Å². The summed E-state index contributed by atoms with van der Waals surface area (Å²) in [4.78, 5) is 0. The summed E-state index contributed by atoms with van der Waals surface area (Å²) < 4.78 is 0. The summed E-state index contributed by atoms with van der Waals surface area (Å²) in [6.07, 6.45) is 0. The smallest absolute Gasteiger partial charge is 0.115 e. The van der Waals surface area contributed by atoms with Crippen molar-refractivity contribution in [1.29, 1.82) is 0 Å². The standard InChI is InChI=1S/C6H6O.C4H10/c7-6-4-2-1-3-5-6;1-4(2)3/h1-5,7H;4H,1-3H3. The molecule has 1 heteroatoms. The van der Waals surface area contributed by atoms with Gasteiger partial charge in [0.2, 0.25) is 0 Å². The maximum Gasteiger partial charge on any atom is 0.115 e. The molecule has 0 saturated heterocycles. The van der Waals surface area contributed by atoms with Gasteiger partial charge in [-0.25, -0.2) is 0 Å². The molecule has 0 atom stereocenters. The summed E-state index contributed by atoms with van der Waals surface area (Å²) in [5.74, 6) is 1.16. The predicted octanol–water partition coefficient (Wildman–Crippen LogP) is 3.05. The van der Waals surface area contributed by atoms with Gasteiger partial charge in [-0.2, -0.15) is 0 Å². The van der Waals surface area contributed by atoms with Crippen molar-refractivity contribution in [3.63, 3.8) is 0 Å². The van der Waals surface area contributed by atoms with Gasteiger partial charge in [-0.3, -0.25) is 0 Å². The van der Waals surface area contributed by atoms with Crippen molar-refractivity contribution in [2.45, 2.75) is 20.8 Å². The summed E-state index contributed by atoms with van der Waals surface area (Å²) in [6, 6.07) is 8.71. The molecule has 1 nitrogen and oxygen atoms in total. The molecule has 0 saturated carbocycles. The highest BCUT2D eigenvalue weighted by Gasteiger charge is 1.74. The van der Waals surface area contributed by atoms with Crippen LogP contribution in [0.15, 0.2) is 30.3 Å². The van der Waals surface area contributed by atoms with Crippen LogP contribution < -0.4 is 0 Å². The number of benzene rings is 1. The molecule has 0 radical (unpaired) electrons. The summed E-state index contributed by atoms with van der Waals surface area (Å²) in [6.45, 7) is 6.50. The SMILES string of the molecule is CC(C)C.Oc1ccccc1. The van der Waals surface area contributed by atoms with Gasteiger partial charge in [0.1, 0.15) is 5.75 Å². The van der Waals surface area contributed by atoms with Gasteiger partial charge in [0, 0.05) is 0 Å². The first kappa shape index (κ1) is 10.0. The molecule has 0 aliphatic carbocycles. The van der Waals surface area contributed by atoms with Gasteiger partial charge in [-0.15, -0.1) is 0 Å². The van der Waals surface area contributed by atoms with Gasteiger partial charge in [0.15, 0.2) is 0 Å². The van der Waals surface area contributed by atoms with E-state index in [-0.39, 0.29) is 0 Å². The van der Waals surface area contributed by atoms with E-state index in [1.807, 2.05) is 6.07 Å². The number of para-hydroxylation sites is 1. The minimum atomic E-state index is 0.322. The summed E-state index contributed by atoms with van der Waals surface area (Å²) >= 11 is 0. The Balaban J connectivity index is 0.000000218. The lowest BCUT2D eigenvalue weighted by molar-refractivity contribution is 0.475. The van der Waals surface area contributed by atoms with Crippen LogP contribution >= 0.6 is 0 Å². The molecular weight excluding hydrogens is 136 g/mol. The molecule has 1 N–H and O–H groups in total. The quantitative estimate of drug-likeness (QED) is 0.605. The van der Waals surface area contributed by atoms with E-state index in [9.17, 15) is 0 Å². The van der Waals surface area contributed by atoms with Crippen LogP contribution in [-0.4, -0.2) is 5.11 Å². The highest BCUT2D eigenvalue weighted by Crippen LogP contribution is 2.02. The van der Waals surface area contributed by atoms with Gasteiger partial charge >= 0.3 is 0 Å². The highest BCUT2D eigenvalue weighted by atomic mass is 16.3. The first-order chi connectivity index (χ1) is 5.13. The summed E-state index contributed by atoms with van der Waals surface area (Å²) in [5, 5.41) is 8.63. The average Bonchev–Trinajstić information content (AvgIpc) is 1.87. The third-order valence-corrected chi connectivity index (χ3v) is 0.756. The molecule has 0 amide bonds. The Morgan fingerprint density at radius 3 is 1.55 bits per heavy atom. The average molecular weight is 152 g/mol. The van der Waals surface area contributed by atoms with Gasteiger partial charge < -0.3 is 5.11 Å². The van der Waals surface area contributed by atoms with Crippen LogP contribution in [-0.2, 0) is 0 Å². The lowest BCUT2D eigenvalue weighted by Gasteiger charge is -1.82. The molecule has 0 unspecified atom stereocenters. The Labute approximate surface area is 68.7 Å². The Hall–Kier alpha value is -0.980. The van der Waals surface area contributed by atoms with Crippen molar-refractivity contribution in [3.8, 4) is 5.75 Å². The molecule has 0 fully saturated rings. The van der Waals surface area contributed by atoms with Crippen LogP contribution in [0.5, 0.6) is 5.75 Å². The summed E-state index contributed by atoms with van der Waals surface area (Å²) in [7, 11) is 0. The second-order valence-electron chi connectivity index (χ2n) is 3.07. The fourth-order valence-electron chi connectivity index (χ4n) is 0.428. The fourth-order valence-corrected chi connectivity index (χ4v) is 0.428. The number of phenolic OH excluding ortho intramolecular Hbond substituents is 1. The molecule has 1 aromatic rings. The molecule has 0 spiro atoms. The Morgan fingerprint density at radius 1 is 1.00 bits per heavy atom. The van der Waals surface area contributed by atoms with E-state index in [1.54, 1.807) is 24.3 Å². The van der Waals surface area contributed by atoms with E-state index in [0.717, 1.165) is 5.92 Å². The molecule has 62 valence electrons. The molecule has 0 aliphatic heterocycles. The summed E-state index contributed by atoms with van der Waals surface area (Å²) in [5.41, 5.74) is 0. The van der Waals surface area contributed by atoms with E-state index in [4.69, 9.17) is 5.11 Å². The molecule has 0 bridgehead atoms. The Morgan fingerprint density at radius 2 is 1.36 bits per heavy atom. The molecule has 0 aliphatic rings. The number of hydrogen-bond acceptors (Lipinski definition) is 1. The fraction of sp³-hybridized carbons (Fsp3) is 0.400. The minimum Gasteiger partial charge on any atom is -0.508 e. The lowest BCUT2D eigenvalue weighted by Crippen LogP contribution is -1.66. The predicted molar refractivity (Wildman–Crippen MR) is 48.6 cm³/mol. The molecule has 0 aromatic heterocycles. The molecule has 1 aromatic carbocycles. The monoisotopic (exact) mass is 152 g/mol. The second kappa shape index (κ2) is 5.78. The van der Waals surface area contributed by atoms with Crippen LogP contribution in [0.2, 0.25) is 0 Å². The van der Waals surface area contributed by atoms with E-state index in [0.29, 0.717) is 5.75 Å². The third kappa shape index (κ3) is 9.02. The topological polar surface area (TPSA) is 20.2 Å². The zero-order valence-corrected chi connectivity index (χ0v) is 7.41. The van der Waals surface area contributed by atoms with Crippen LogP contribution in [0.4, 0.5) is 0 Å². The number of aromatic hydroxyl groups is 1. The van der Waals surface area contributed by atoms with Crippen molar-refractivity contribution in [3.05, 3.63) is 30.3 Å². The van der Waals surface area contributed by atoms with Crippen LogP contribution in [0, 0.1) is 5.92 Å². The minimum absolute atomic E-state index is 0.322. The molecule has 0 heterocycles. The number of hydrogen-bond donors (Lipinski definition) is 1. The normalized spacial score (nSPS) is 8.73. The van der Waals surface area contributed by atoms with Crippen LogP contribution in [0.3, 0.4) is 0 Å². The zero-order chi connectivity index (χ0) is 8.69. The van der Waals surface area contributed by atoms with Gasteiger partial charge in [0.05, 0.1) is 0 Å². The van der Waals surface area contributed by atoms with Gasteiger partial charge in [-0.05, 0) is 18.1 Å². The maximum absolute atomic E-state index is 8.63. The lowest BCUT2D eigenvalue weighted by atomic mass is 10.3. The van der Waals surface area contributed by atoms with Gasteiger partial charge in [-0.1, -0.05) is 39.0 Å². The highest BCUT2D eigenvalue weighted by molar-refractivity contribution is 5.18. The van der Waals surface area contributed by atoms with E-state index in [2.05, 4.69) is 20.8 Å². The van der Waals surface area contributed by atoms with Crippen LogP contribution in [0.1, 0.15) is 20.8 Å². The Kier molecular flexibility index (Phi) is 5.26. The Bertz CT molecular complexity index is 165. The van der Waals surface area contributed by atoms with Gasteiger partial charge in [0.25, 0.3) is 0 Å². The van der Waals surface area contributed by atoms with Crippen molar-refractivity contribution < 1.29 is 5.11 Å². The van der Waals surface area contributed by atoms with Crippen LogP contribution in [0.25, 0.3) is 0 Å². The number of phenols is 1. The first-order valence-corrected chi connectivity index (χ1v) is 3.87. The largest absolute Gasteiger partial charge is 0.508 e. The van der Waals surface area contributed by atoms with Crippen molar-refractivity contribution in [1.82, 2.24) is 0 Å². The van der Waals surface area contributed by atoms with Crippen molar-refractivity contribution in [2.24, 2.45) is 5.92 Å². The third-order valence-electron chi connectivity index (χ3n) is 0.756. The van der Waals surface area contributed by atoms with E-state index in [1.165, 1.54) is 0 Å². The van der Waals surface area contributed by atoms with E-state index < -0.39 is 0 Å². The zero-order valence-electron chi connectivity index (χ0n) is 7.41. The second-order valence-corrected chi connectivity index (χ2v) is 3.07. The van der Waals surface area contributed by atoms with Crippen molar-refractivity contribution >= 4 is 0 Å². The van der Waals surface area contributed by atoms with Crippen molar-refractivity contribution in [2.75, 3.05) is 0 Å². The molecule has 1 rings (SSSR count). The first-order valence-electron chi connectivity index (χ1n) is 3.87. The maximum atomic E-state index is 8.63. The molecular formula is C10H16O. The molecule has 11 heavy (non-hydrogen) atoms.